The van der Waals surface area contributed by atoms with Gasteiger partial charge in [0.25, 0.3) is 0 Å². The number of halogens is 8. The van der Waals surface area contributed by atoms with Crippen molar-refractivity contribution in [2.75, 3.05) is 0 Å². The number of alkyl halides is 8. The van der Waals surface area contributed by atoms with Gasteiger partial charge in [-0.25, -0.2) is 0 Å². The first-order chi connectivity index (χ1) is 16.0. The van der Waals surface area contributed by atoms with E-state index < -0.39 is 21.9 Å². The van der Waals surface area contributed by atoms with Crippen molar-refractivity contribution < 1.29 is 27.0 Å². The van der Waals surface area contributed by atoms with Crippen LogP contribution in [0.25, 0.3) is 32.7 Å². The lowest BCUT2D eigenvalue weighted by molar-refractivity contribution is -0.164. The SMILES string of the molecule is FC(F)(Oc1ccc2ccccc2c1-c1c(OC(F)(F)C(Cl)Cl)ccc2ccccc12)C(Cl)Cl. The van der Waals surface area contributed by atoms with Crippen LogP contribution >= 0.6 is 46.4 Å². The first-order valence-electron chi connectivity index (χ1n) is 9.75. The van der Waals surface area contributed by atoms with Crippen molar-refractivity contribution in [2.45, 2.75) is 21.9 Å². The average molecular weight is 552 g/mol. The lowest BCUT2D eigenvalue weighted by Gasteiger charge is -2.25. The minimum Gasteiger partial charge on any atom is -0.430 e. The van der Waals surface area contributed by atoms with Gasteiger partial charge in [-0.1, -0.05) is 107 Å². The molecule has 0 saturated heterocycles. The van der Waals surface area contributed by atoms with E-state index in [-0.39, 0.29) is 22.6 Å². The van der Waals surface area contributed by atoms with Crippen molar-refractivity contribution in [3.05, 3.63) is 72.8 Å². The van der Waals surface area contributed by atoms with Gasteiger partial charge in [0, 0.05) is 11.1 Å². The Morgan fingerprint density at radius 2 is 0.882 bits per heavy atom. The first kappa shape index (κ1) is 25.0. The van der Waals surface area contributed by atoms with E-state index in [4.69, 9.17) is 55.9 Å². The maximum atomic E-state index is 14.4. The molecule has 178 valence electrons. The molecular weight excluding hydrogens is 538 g/mol. The molecule has 0 fully saturated rings. The molecular formula is C24H14Cl4F4O2. The maximum absolute atomic E-state index is 14.4. The van der Waals surface area contributed by atoms with Crippen LogP contribution in [0.15, 0.2) is 72.8 Å². The summed E-state index contributed by atoms with van der Waals surface area (Å²) in [7, 11) is 0. The zero-order chi connectivity index (χ0) is 24.7. The normalized spacial score (nSPS) is 12.6. The van der Waals surface area contributed by atoms with E-state index >= 15 is 0 Å². The summed E-state index contributed by atoms with van der Waals surface area (Å²) in [6.45, 7) is 0. The molecule has 0 aromatic heterocycles. The Balaban J connectivity index is 2.09. The summed E-state index contributed by atoms with van der Waals surface area (Å²) in [6.07, 6.45) is -7.96. The van der Waals surface area contributed by atoms with Gasteiger partial charge < -0.3 is 9.47 Å². The van der Waals surface area contributed by atoms with Gasteiger partial charge in [0.15, 0.2) is 0 Å². The number of fused-ring (bicyclic) bond motifs is 2. The summed E-state index contributed by atoms with van der Waals surface area (Å²) in [5.41, 5.74) is 0.158. The smallest absolute Gasteiger partial charge is 0.428 e. The molecule has 4 aromatic carbocycles. The number of hydrogen-bond acceptors (Lipinski definition) is 2. The van der Waals surface area contributed by atoms with E-state index in [0.29, 0.717) is 21.5 Å². The summed E-state index contributed by atoms with van der Waals surface area (Å²) in [5.74, 6) is -0.680. The van der Waals surface area contributed by atoms with Crippen molar-refractivity contribution in [3.8, 4) is 22.6 Å². The van der Waals surface area contributed by atoms with Crippen LogP contribution in [-0.2, 0) is 0 Å². The van der Waals surface area contributed by atoms with Gasteiger partial charge in [0.1, 0.15) is 11.5 Å². The van der Waals surface area contributed by atoms with E-state index in [1.807, 2.05) is 0 Å². The van der Waals surface area contributed by atoms with Crippen LogP contribution in [0.5, 0.6) is 11.5 Å². The summed E-state index contributed by atoms with van der Waals surface area (Å²) in [6, 6.07) is 19.3. The molecule has 4 rings (SSSR count). The van der Waals surface area contributed by atoms with Crippen LogP contribution in [0.2, 0.25) is 0 Å². The van der Waals surface area contributed by atoms with E-state index in [2.05, 4.69) is 0 Å². The van der Waals surface area contributed by atoms with Crippen molar-refractivity contribution in [1.82, 2.24) is 0 Å². The molecule has 34 heavy (non-hydrogen) atoms. The standard InChI is InChI=1S/C24H14Cl4F4O2/c25-21(26)23(29,30)33-17-11-9-13-5-1-3-7-15(13)19(17)20-16-8-4-2-6-14(16)10-12-18(20)34-24(31,32)22(27)28/h1-12,21-22H. The maximum Gasteiger partial charge on any atom is 0.428 e. The third-order valence-corrected chi connectivity index (χ3v) is 6.05. The molecule has 0 aliphatic rings. The second-order valence-corrected chi connectivity index (χ2v) is 9.44. The highest BCUT2D eigenvalue weighted by Gasteiger charge is 2.43. The zero-order valence-electron chi connectivity index (χ0n) is 16.9. The number of ether oxygens (including phenoxy) is 2. The van der Waals surface area contributed by atoms with E-state index in [1.54, 1.807) is 60.7 Å². The second-order valence-electron chi connectivity index (χ2n) is 7.25. The number of rotatable bonds is 7. The van der Waals surface area contributed by atoms with Gasteiger partial charge in [-0.15, -0.1) is 0 Å². The van der Waals surface area contributed by atoms with Crippen LogP contribution in [0.4, 0.5) is 17.6 Å². The van der Waals surface area contributed by atoms with Gasteiger partial charge in [-0.05, 0) is 33.7 Å². The molecule has 0 radical (unpaired) electrons. The van der Waals surface area contributed by atoms with Crippen LogP contribution in [0.3, 0.4) is 0 Å². The molecule has 2 nitrogen and oxygen atoms in total. The van der Waals surface area contributed by atoms with Gasteiger partial charge in [0.2, 0.25) is 9.67 Å². The molecule has 0 aliphatic heterocycles. The summed E-state index contributed by atoms with van der Waals surface area (Å²) >= 11 is 21.7. The topological polar surface area (TPSA) is 18.5 Å². The Hall–Kier alpha value is -2.12. The Morgan fingerprint density at radius 3 is 1.24 bits per heavy atom. The molecule has 0 heterocycles. The predicted octanol–water partition coefficient (Wildman–Crippen LogP) is 9.21. The number of benzene rings is 4. The van der Waals surface area contributed by atoms with Gasteiger partial charge in [-0.3, -0.25) is 0 Å². The van der Waals surface area contributed by atoms with E-state index in [0.717, 1.165) is 0 Å². The first-order valence-corrected chi connectivity index (χ1v) is 11.5. The summed E-state index contributed by atoms with van der Waals surface area (Å²) in [5, 5.41) is 2.16. The molecule has 0 atom stereocenters. The second kappa shape index (κ2) is 9.50. The minimum atomic E-state index is -3.98. The molecule has 4 aromatic rings. The minimum absolute atomic E-state index is 0.0788. The van der Waals surface area contributed by atoms with Crippen LogP contribution in [0, 0.1) is 0 Å². The summed E-state index contributed by atoms with van der Waals surface area (Å²) in [4.78, 5) is -4.37. The van der Waals surface area contributed by atoms with Crippen LogP contribution < -0.4 is 9.47 Å². The molecule has 0 spiro atoms. The highest BCUT2D eigenvalue weighted by molar-refractivity contribution is 6.45. The van der Waals surface area contributed by atoms with Crippen LogP contribution in [-0.4, -0.2) is 21.9 Å². The lowest BCUT2D eigenvalue weighted by Crippen LogP contribution is -2.33. The van der Waals surface area contributed by atoms with Gasteiger partial charge >= 0.3 is 12.2 Å². The van der Waals surface area contributed by atoms with E-state index in [1.165, 1.54) is 12.1 Å². The molecule has 0 bridgehead atoms. The van der Waals surface area contributed by atoms with Gasteiger partial charge in [-0.2, -0.15) is 17.6 Å². The molecule has 0 saturated carbocycles. The van der Waals surface area contributed by atoms with Crippen molar-refractivity contribution >= 4 is 67.9 Å². The fourth-order valence-electron chi connectivity index (χ4n) is 3.57. The highest BCUT2D eigenvalue weighted by Crippen LogP contribution is 2.48. The molecule has 0 N–H and O–H groups in total. The fraction of sp³-hybridized carbons (Fsp3) is 0.167. The van der Waals surface area contributed by atoms with E-state index in [9.17, 15) is 17.6 Å². The van der Waals surface area contributed by atoms with Gasteiger partial charge in [0.05, 0.1) is 0 Å². The number of hydrogen-bond donors (Lipinski definition) is 0. The van der Waals surface area contributed by atoms with Crippen molar-refractivity contribution in [1.29, 1.82) is 0 Å². The molecule has 0 amide bonds. The van der Waals surface area contributed by atoms with Crippen LogP contribution in [0.1, 0.15) is 0 Å². The van der Waals surface area contributed by atoms with Crippen molar-refractivity contribution in [3.63, 3.8) is 0 Å². The third-order valence-electron chi connectivity index (χ3n) is 5.03. The molecule has 0 unspecified atom stereocenters. The quantitative estimate of drug-likeness (QED) is 0.168. The Kier molecular flexibility index (Phi) is 6.98. The zero-order valence-corrected chi connectivity index (χ0v) is 19.9. The Labute approximate surface area is 211 Å². The third kappa shape index (κ3) is 4.82. The van der Waals surface area contributed by atoms with Crippen molar-refractivity contribution in [2.24, 2.45) is 0 Å². The lowest BCUT2D eigenvalue weighted by atomic mass is 9.92. The fourth-order valence-corrected chi connectivity index (χ4v) is 3.75. The predicted molar refractivity (Wildman–Crippen MR) is 129 cm³/mol. The summed E-state index contributed by atoms with van der Waals surface area (Å²) < 4.78 is 67.7. The molecule has 10 heteroatoms. The molecule has 0 aliphatic carbocycles. The highest BCUT2D eigenvalue weighted by atomic mass is 35.5. The monoisotopic (exact) mass is 550 g/mol. The Morgan fingerprint density at radius 1 is 0.529 bits per heavy atom. The average Bonchev–Trinajstić information content (AvgIpc) is 2.79. The Bertz CT molecular complexity index is 1240. The largest absolute Gasteiger partial charge is 0.430 e.